The zero-order valence-electron chi connectivity index (χ0n) is 12.1. The Labute approximate surface area is 119 Å². The van der Waals surface area contributed by atoms with Gasteiger partial charge in [-0.2, -0.15) is 0 Å². The van der Waals surface area contributed by atoms with E-state index in [-0.39, 0.29) is 23.7 Å². The SMILES string of the molecule is CCC(C)C(=O)NC(C)c1ccc(F)c2ccccc12. The molecule has 0 aliphatic carbocycles. The number of halogens is 1. The third-order valence-electron chi connectivity index (χ3n) is 3.79. The molecule has 20 heavy (non-hydrogen) atoms. The summed E-state index contributed by atoms with van der Waals surface area (Å²) in [6.07, 6.45) is 0.808. The lowest BCUT2D eigenvalue weighted by Crippen LogP contribution is -2.31. The highest BCUT2D eigenvalue weighted by Crippen LogP contribution is 2.26. The molecule has 0 radical (unpaired) electrons. The topological polar surface area (TPSA) is 29.1 Å². The molecule has 3 heteroatoms. The number of carbonyl (C=O) groups excluding carboxylic acids is 1. The Morgan fingerprint density at radius 2 is 1.80 bits per heavy atom. The van der Waals surface area contributed by atoms with Crippen LogP contribution in [0.4, 0.5) is 4.39 Å². The molecule has 106 valence electrons. The molecule has 0 heterocycles. The highest BCUT2D eigenvalue weighted by Gasteiger charge is 2.16. The van der Waals surface area contributed by atoms with Crippen molar-refractivity contribution in [3.8, 4) is 0 Å². The summed E-state index contributed by atoms with van der Waals surface area (Å²) < 4.78 is 13.8. The molecular weight excluding hydrogens is 253 g/mol. The molecule has 2 aromatic carbocycles. The fourth-order valence-electron chi connectivity index (χ4n) is 2.28. The molecule has 0 bridgehead atoms. The Morgan fingerprint density at radius 3 is 2.45 bits per heavy atom. The summed E-state index contributed by atoms with van der Waals surface area (Å²) in [5.41, 5.74) is 0.943. The van der Waals surface area contributed by atoms with Crippen molar-refractivity contribution in [3.05, 3.63) is 47.8 Å². The van der Waals surface area contributed by atoms with E-state index in [0.29, 0.717) is 5.39 Å². The Bertz CT molecular complexity index is 623. The van der Waals surface area contributed by atoms with Crippen LogP contribution in [0.1, 0.15) is 38.8 Å². The third-order valence-corrected chi connectivity index (χ3v) is 3.79. The number of rotatable bonds is 4. The molecule has 0 aliphatic heterocycles. The third kappa shape index (κ3) is 2.82. The lowest BCUT2D eigenvalue weighted by Gasteiger charge is -2.19. The minimum absolute atomic E-state index is 0.0100. The first-order valence-electron chi connectivity index (χ1n) is 7.02. The van der Waals surface area contributed by atoms with Gasteiger partial charge in [0.2, 0.25) is 5.91 Å². The van der Waals surface area contributed by atoms with Crippen LogP contribution in [0.25, 0.3) is 10.8 Å². The van der Waals surface area contributed by atoms with Gasteiger partial charge in [-0.3, -0.25) is 4.79 Å². The molecule has 2 unspecified atom stereocenters. The second-order valence-electron chi connectivity index (χ2n) is 5.22. The molecule has 0 aromatic heterocycles. The smallest absolute Gasteiger partial charge is 0.223 e. The van der Waals surface area contributed by atoms with Gasteiger partial charge in [0.1, 0.15) is 5.82 Å². The number of hydrogen-bond donors (Lipinski definition) is 1. The maximum atomic E-state index is 13.8. The molecule has 2 nitrogen and oxygen atoms in total. The van der Waals surface area contributed by atoms with E-state index in [9.17, 15) is 9.18 Å². The van der Waals surface area contributed by atoms with Gasteiger partial charge in [0.05, 0.1) is 6.04 Å². The lowest BCUT2D eigenvalue weighted by atomic mass is 9.98. The van der Waals surface area contributed by atoms with Crippen LogP contribution in [0.5, 0.6) is 0 Å². The van der Waals surface area contributed by atoms with Crippen LogP contribution in [0, 0.1) is 11.7 Å². The number of carbonyl (C=O) groups is 1. The first-order valence-corrected chi connectivity index (χ1v) is 7.02. The van der Waals surface area contributed by atoms with Crippen molar-refractivity contribution in [2.45, 2.75) is 33.2 Å². The summed E-state index contributed by atoms with van der Waals surface area (Å²) in [5, 5.41) is 4.44. The van der Waals surface area contributed by atoms with E-state index in [0.717, 1.165) is 17.4 Å². The van der Waals surface area contributed by atoms with Crippen LogP contribution < -0.4 is 5.32 Å². The van der Waals surface area contributed by atoms with Gasteiger partial charge in [-0.05, 0) is 30.4 Å². The van der Waals surface area contributed by atoms with Crippen molar-refractivity contribution in [1.82, 2.24) is 5.32 Å². The molecule has 2 atom stereocenters. The maximum Gasteiger partial charge on any atom is 0.223 e. The number of fused-ring (bicyclic) bond motifs is 1. The molecule has 0 spiro atoms. The summed E-state index contributed by atoms with van der Waals surface area (Å²) in [6.45, 7) is 5.83. The molecule has 0 fully saturated rings. The van der Waals surface area contributed by atoms with Crippen molar-refractivity contribution >= 4 is 16.7 Å². The van der Waals surface area contributed by atoms with E-state index in [4.69, 9.17) is 0 Å². The van der Waals surface area contributed by atoms with Crippen molar-refractivity contribution in [1.29, 1.82) is 0 Å². The van der Waals surface area contributed by atoms with Gasteiger partial charge in [0, 0.05) is 11.3 Å². The zero-order valence-corrected chi connectivity index (χ0v) is 12.1. The normalized spacial score (nSPS) is 14.0. The van der Waals surface area contributed by atoms with Crippen LogP contribution in [0.2, 0.25) is 0 Å². The number of hydrogen-bond acceptors (Lipinski definition) is 1. The zero-order chi connectivity index (χ0) is 14.7. The minimum atomic E-state index is -0.232. The van der Waals surface area contributed by atoms with Gasteiger partial charge in [0.25, 0.3) is 0 Å². The monoisotopic (exact) mass is 273 g/mol. The van der Waals surface area contributed by atoms with E-state index in [1.165, 1.54) is 6.07 Å². The van der Waals surface area contributed by atoms with Crippen molar-refractivity contribution < 1.29 is 9.18 Å². The number of benzene rings is 2. The van der Waals surface area contributed by atoms with Gasteiger partial charge in [-0.25, -0.2) is 4.39 Å². The quantitative estimate of drug-likeness (QED) is 0.888. The Hall–Kier alpha value is -1.90. The van der Waals surface area contributed by atoms with Crippen LogP contribution in [0.15, 0.2) is 36.4 Å². The van der Waals surface area contributed by atoms with E-state index in [2.05, 4.69) is 5.32 Å². The molecule has 1 N–H and O–H groups in total. The van der Waals surface area contributed by atoms with Crippen molar-refractivity contribution in [2.24, 2.45) is 5.92 Å². The number of amides is 1. The molecular formula is C17H20FNO. The molecule has 0 saturated heterocycles. The average molecular weight is 273 g/mol. The fraction of sp³-hybridized carbons (Fsp3) is 0.353. The van der Waals surface area contributed by atoms with Gasteiger partial charge in [-0.15, -0.1) is 0 Å². The summed E-state index contributed by atoms with van der Waals surface area (Å²) in [5.74, 6) is -0.206. The summed E-state index contributed by atoms with van der Waals surface area (Å²) >= 11 is 0. The molecule has 2 rings (SSSR count). The number of nitrogens with one attached hydrogen (secondary N) is 1. The molecule has 0 aliphatic rings. The summed E-state index contributed by atoms with van der Waals surface area (Å²) in [4.78, 5) is 12.0. The van der Waals surface area contributed by atoms with Gasteiger partial charge in [-0.1, -0.05) is 44.2 Å². The van der Waals surface area contributed by atoms with Crippen molar-refractivity contribution in [3.63, 3.8) is 0 Å². The van der Waals surface area contributed by atoms with Gasteiger partial charge in [0.15, 0.2) is 0 Å². The van der Waals surface area contributed by atoms with Crippen LogP contribution in [0.3, 0.4) is 0 Å². The van der Waals surface area contributed by atoms with Crippen molar-refractivity contribution in [2.75, 3.05) is 0 Å². The Balaban J connectivity index is 2.33. The van der Waals surface area contributed by atoms with Crippen LogP contribution >= 0.6 is 0 Å². The van der Waals surface area contributed by atoms with E-state index in [1.807, 2.05) is 39.0 Å². The maximum absolute atomic E-state index is 13.8. The predicted molar refractivity (Wildman–Crippen MR) is 79.9 cm³/mol. The fourth-order valence-corrected chi connectivity index (χ4v) is 2.28. The largest absolute Gasteiger partial charge is 0.349 e. The van der Waals surface area contributed by atoms with Gasteiger partial charge < -0.3 is 5.32 Å². The first-order chi connectivity index (χ1) is 9.54. The Morgan fingerprint density at radius 1 is 1.15 bits per heavy atom. The van der Waals surface area contributed by atoms with E-state index < -0.39 is 0 Å². The van der Waals surface area contributed by atoms with Gasteiger partial charge >= 0.3 is 0 Å². The summed E-state index contributed by atoms with van der Waals surface area (Å²) in [7, 11) is 0. The van der Waals surface area contributed by atoms with Crippen LogP contribution in [-0.4, -0.2) is 5.91 Å². The molecule has 0 saturated carbocycles. The average Bonchev–Trinajstić information content (AvgIpc) is 2.46. The second kappa shape index (κ2) is 6.04. The van der Waals surface area contributed by atoms with E-state index in [1.54, 1.807) is 12.1 Å². The van der Waals surface area contributed by atoms with Crippen LogP contribution in [-0.2, 0) is 4.79 Å². The van der Waals surface area contributed by atoms with E-state index >= 15 is 0 Å². The molecule has 1 amide bonds. The highest BCUT2D eigenvalue weighted by molar-refractivity contribution is 5.87. The molecule has 2 aromatic rings. The Kier molecular flexibility index (Phi) is 4.38. The highest BCUT2D eigenvalue weighted by atomic mass is 19.1. The predicted octanol–water partition coefficient (Wildman–Crippen LogP) is 4.20. The first kappa shape index (κ1) is 14.5. The lowest BCUT2D eigenvalue weighted by molar-refractivity contribution is -0.125. The minimum Gasteiger partial charge on any atom is -0.349 e. The standard InChI is InChI=1S/C17H20FNO/c1-4-11(2)17(20)19-12(3)13-9-10-16(18)15-8-6-5-7-14(13)15/h5-12H,4H2,1-3H3,(H,19,20). The second-order valence-corrected chi connectivity index (χ2v) is 5.22. The summed E-state index contributed by atoms with van der Waals surface area (Å²) in [6, 6.07) is 10.4.